The molecule has 1 heterocycles. The van der Waals surface area contributed by atoms with Crippen LogP contribution in [0.1, 0.15) is 25.8 Å². The van der Waals surface area contributed by atoms with Crippen molar-refractivity contribution in [1.29, 1.82) is 0 Å². The summed E-state index contributed by atoms with van der Waals surface area (Å²) in [6.07, 6.45) is 1.25. The van der Waals surface area contributed by atoms with E-state index in [1.165, 1.54) is 23.1 Å². The molecule has 0 atom stereocenters. The Morgan fingerprint density at radius 1 is 1.37 bits per heavy atom. The van der Waals surface area contributed by atoms with Crippen LogP contribution >= 0.6 is 27.5 Å². The van der Waals surface area contributed by atoms with Crippen molar-refractivity contribution in [1.82, 2.24) is 4.57 Å². The van der Waals surface area contributed by atoms with Crippen LogP contribution in [0.3, 0.4) is 0 Å². The van der Waals surface area contributed by atoms with Gasteiger partial charge in [0.2, 0.25) is 0 Å². The molecule has 0 amide bonds. The lowest BCUT2D eigenvalue weighted by Crippen LogP contribution is -2.17. The predicted octanol–water partition coefficient (Wildman–Crippen LogP) is 4.60. The Morgan fingerprint density at radius 3 is 2.47 bits per heavy atom. The molecular weight excluding hydrogens is 333 g/mol. The van der Waals surface area contributed by atoms with Gasteiger partial charge in [-0.2, -0.15) is 0 Å². The molecule has 104 valence electrons. The fraction of sp³-hybridized carbons (Fsp3) is 0.357. The third-order valence-corrected chi connectivity index (χ3v) is 3.56. The number of hydrogen-bond donors (Lipinski definition) is 0. The van der Waals surface area contributed by atoms with Crippen molar-refractivity contribution < 1.29 is 4.39 Å². The monoisotopic (exact) mass is 347 g/mol. The highest BCUT2D eigenvalue weighted by Gasteiger charge is 2.11. The number of nitrogens with zero attached hydrogens (tertiary/aromatic N) is 1. The first-order chi connectivity index (χ1) is 8.97. The average molecular weight is 349 g/mol. The fourth-order valence-corrected chi connectivity index (χ4v) is 2.50. The van der Waals surface area contributed by atoms with Crippen molar-refractivity contribution in [3.05, 3.63) is 44.4 Å². The normalized spacial score (nSPS) is 10.2. The Hall–Kier alpha value is -0.870. The number of halogens is 3. The molecule has 2 aromatic rings. The maximum absolute atomic E-state index is 13.4. The molecule has 0 aliphatic rings. The molecule has 1 aromatic heterocycles. The number of rotatable bonds is 1. The van der Waals surface area contributed by atoms with Gasteiger partial charge in [0.25, 0.3) is 5.56 Å². The van der Waals surface area contributed by atoms with E-state index in [4.69, 9.17) is 11.6 Å². The van der Waals surface area contributed by atoms with Gasteiger partial charge in [0.1, 0.15) is 5.82 Å². The van der Waals surface area contributed by atoms with Crippen LogP contribution in [0.25, 0.3) is 10.9 Å². The van der Waals surface area contributed by atoms with Gasteiger partial charge in [-0.05, 0) is 33.6 Å². The second-order valence-electron chi connectivity index (χ2n) is 4.17. The minimum absolute atomic E-state index is 0.200. The molecular formula is C14H16BrClFNO. The topological polar surface area (TPSA) is 22.0 Å². The van der Waals surface area contributed by atoms with Crippen molar-refractivity contribution in [2.45, 2.75) is 26.1 Å². The lowest BCUT2D eigenvalue weighted by Gasteiger charge is -2.10. The van der Waals surface area contributed by atoms with Gasteiger partial charge in [0.15, 0.2) is 0 Å². The van der Waals surface area contributed by atoms with Crippen LogP contribution in [0.5, 0.6) is 0 Å². The first-order valence-electron chi connectivity index (χ1n) is 6.00. The smallest absolute Gasteiger partial charge is 0.251 e. The molecule has 0 saturated heterocycles. The van der Waals surface area contributed by atoms with Crippen LogP contribution in [0.15, 0.2) is 27.5 Å². The second-order valence-corrected chi connectivity index (χ2v) is 5.23. The van der Waals surface area contributed by atoms with Crippen molar-refractivity contribution in [2.75, 3.05) is 0 Å². The van der Waals surface area contributed by atoms with Crippen LogP contribution in [0.2, 0.25) is 0 Å². The number of aryl methyl sites for hydroxylation is 1. The molecule has 0 aliphatic heterocycles. The minimum Gasteiger partial charge on any atom is -0.310 e. The van der Waals surface area contributed by atoms with Crippen LogP contribution in [-0.4, -0.2) is 4.57 Å². The molecule has 0 bridgehead atoms. The third-order valence-electron chi connectivity index (χ3n) is 2.52. The highest BCUT2D eigenvalue weighted by molar-refractivity contribution is 9.10. The second kappa shape index (κ2) is 7.06. The SMILES string of the molecule is CCC.Cn1c(=O)cc(CCl)c2ccc(F)c(Br)c21. The van der Waals surface area contributed by atoms with Crippen molar-refractivity contribution in [3.63, 3.8) is 0 Å². The average Bonchev–Trinajstić information content (AvgIpc) is 2.38. The summed E-state index contributed by atoms with van der Waals surface area (Å²) in [4.78, 5) is 11.6. The largest absolute Gasteiger partial charge is 0.310 e. The highest BCUT2D eigenvalue weighted by atomic mass is 79.9. The summed E-state index contributed by atoms with van der Waals surface area (Å²) in [6, 6.07) is 4.46. The number of alkyl halides is 1. The Labute approximate surface area is 125 Å². The molecule has 0 saturated carbocycles. The quantitative estimate of drug-likeness (QED) is 0.691. The standard InChI is InChI=1S/C11H8BrClFNO.C3H8/c1-15-9(16)4-6(5-13)7-2-3-8(14)10(12)11(7)15;1-3-2/h2-4H,5H2,1H3;3H2,1-2H3. The van der Waals surface area contributed by atoms with E-state index in [0.717, 1.165) is 5.39 Å². The maximum Gasteiger partial charge on any atom is 0.251 e. The maximum atomic E-state index is 13.4. The molecule has 0 aliphatic carbocycles. The molecule has 0 unspecified atom stereocenters. The molecule has 0 fully saturated rings. The van der Waals surface area contributed by atoms with Gasteiger partial charge in [-0.1, -0.05) is 20.3 Å². The summed E-state index contributed by atoms with van der Waals surface area (Å²) in [7, 11) is 1.60. The number of hydrogen-bond acceptors (Lipinski definition) is 1. The van der Waals surface area contributed by atoms with E-state index in [2.05, 4.69) is 29.8 Å². The van der Waals surface area contributed by atoms with Gasteiger partial charge in [-0.3, -0.25) is 4.79 Å². The molecule has 2 rings (SSSR count). The zero-order chi connectivity index (χ0) is 14.6. The summed E-state index contributed by atoms with van der Waals surface area (Å²) in [5.74, 6) is -0.167. The van der Waals surface area contributed by atoms with Gasteiger partial charge < -0.3 is 4.57 Å². The minimum atomic E-state index is -0.394. The lowest BCUT2D eigenvalue weighted by atomic mass is 10.1. The summed E-state index contributed by atoms with van der Waals surface area (Å²) < 4.78 is 15.1. The van der Waals surface area contributed by atoms with Crippen molar-refractivity contribution >= 4 is 38.4 Å². The zero-order valence-corrected chi connectivity index (χ0v) is 13.5. The predicted molar refractivity (Wildman–Crippen MR) is 82.4 cm³/mol. The van der Waals surface area contributed by atoms with E-state index < -0.39 is 5.82 Å². The first kappa shape index (κ1) is 16.2. The molecule has 0 radical (unpaired) electrons. The van der Waals surface area contributed by atoms with Gasteiger partial charge in [-0.25, -0.2) is 4.39 Å². The number of fused-ring (bicyclic) bond motifs is 1. The van der Waals surface area contributed by atoms with Crippen LogP contribution < -0.4 is 5.56 Å². The molecule has 1 aromatic carbocycles. The fourth-order valence-electron chi connectivity index (χ4n) is 1.67. The number of pyridine rings is 1. The summed E-state index contributed by atoms with van der Waals surface area (Å²) in [5.41, 5.74) is 1.04. The van der Waals surface area contributed by atoms with E-state index in [0.29, 0.717) is 11.1 Å². The van der Waals surface area contributed by atoms with Gasteiger partial charge in [-0.15, -0.1) is 11.6 Å². The first-order valence-corrected chi connectivity index (χ1v) is 7.33. The molecule has 5 heteroatoms. The van der Waals surface area contributed by atoms with E-state index in [1.54, 1.807) is 13.1 Å². The molecule has 0 spiro atoms. The van der Waals surface area contributed by atoms with Crippen molar-refractivity contribution in [3.8, 4) is 0 Å². The van der Waals surface area contributed by atoms with E-state index in [-0.39, 0.29) is 15.9 Å². The summed E-state index contributed by atoms with van der Waals surface area (Å²) >= 11 is 8.92. The Balaban J connectivity index is 0.000000550. The Bertz CT molecular complexity index is 639. The van der Waals surface area contributed by atoms with Gasteiger partial charge >= 0.3 is 0 Å². The molecule has 19 heavy (non-hydrogen) atoms. The van der Waals surface area contributed by atoms with Crippen LogP contribution in [-0.2, 0) is 12.9 Å². The van der Waals surface area contributed by atoms with E-state index in [9.17, 15) is 9.18 Å². The third kappa shape index (κ3) is 3.37. The Morgan fingerprint density at radius 2 is 1.95 bits per heavy atom. The van der Waals surface area contributed by atoms with E-state index >= 15 is 0 Å². The van der Waals surface area contributed by atoms with Gasteiger partial charge in [0.05, 0.1) is 9.99 Å². The van der Waals surface area contributed by atoms with E-state index in [1.807, 2.05) is 0 Å². The van der Waals surface area contributed by atoms with Crippen LogP contribution in [0, 0.1) is 5.82 Å². The highest BCUT2D eigenvalue weighted by Crippen LogP contribution is 2.28. The summed E-state index contributed by atoms with van der Waals surface area (Å²) in [6.45, 7) is 4.25. The zero-order valence-electron chi connectivity index (χ0n) is 11.1. The molecule has 2 nitrogen and oxygen atoms in total. The van der Waals surface area contributed by atoms with Gasteiger partial charge in [0, 0.05) is 24.4 Å². The number of aromatic nitrogens is 1. The van der Waals surface area contributed by atoms with Crippen LogP contribution in [0.4, 0.5) is 4.39 Å². The Kier molecular flexibility index (Phi) is 6.01. The molecule has 0 N–H and O–H groups in total. The van der Waals surface area contributed by atoms with Crippen molar-refractivity contribution in [2.24, 2.45) is 7.05 Å². The number of benzene rings is 1. The lowest BCUT2D eigenvalue weighted by molar-refractivity contribution is 0.622. The summed E-state index contributed by atoms with van der Waals surface area (Å²) in [5, 5.41) is 0.783.